The topological polar surface area (TPSA) is 20.2 Å². The minimum atomic E-state index is -0.542. The fraction of sp³-hybridized carbons (Fsp3) is 0.200. The second-order valence-electron chi connectivity index (χ2n) is 2.63. The van der Waals surface area contributed by atoms with Gasteiger partial charge < -0.3 is 5.11 Å². The van der Waals surface area contributed by atoms with Gasteiger partial charge in [-0.15, -0.1) is 6.58 Å². The number of rotatable bonds is 2. The van der Waals surface area contributed by atoms with Gasteiger partial charge in [0, 0.05) is 3.57 Å². The van der Waals surface area contributed by atoms with Gasteiger partial charge in [-0.3, -0.25) is 0 Å². The molecule has 1 aromatic carbocycles. The number of benzene rings is 1. The Bertz CT molecular complexity index is 294. The van der Waals surface area contributed by atoms with Crippen LogP contribution in [0.1, 0.15) is 17.2 Å². The summed E-state index contributed by atoms with van der Waals surface area (Å²) in [5, 5.41) is 9.51. The molecule has 0 saturated heterocycles. The summed E-state index contributed by atoms with van der Waals surface area (Å²) in [5.74, 6) is 0. The second kappa shape index (κ2) is 4.05. The predicted molar refractivity (Wildman–Crippen MR) is 59.1 cm³/mol. The van der Waals surface area contributed by atoms with Gasteiger partial charge in [0.2, 0.25) is 0 Å². The lowest BCUT2D eigenvalue weighted by molar-refractivity contribution is 0.228. The van der Waals surface area contributed by atoms with E-state index in [9.17, 15) is 5.11 Å². The largest absolute Gasteiger partial charge is 0.384 e. The van der Waals surface area contributed by atoms with E-state index in [2.05, 4.69) is 29.2 Å². The summed E-state index contributed by atoms with van der Waals surface area (Å²) in [6.45, 7) is 5.56. The molecule has 0 amide bonds. The van der Waals surface area contributed by atoms with Gasteiger partial charge in [-0.1, -0.05) is 18.2 Å². The molecule has 1 rings (SSSR count). The maximum absolute atomic E-state index is 9.51. The molecule has 2 heteroatoms. The van der Waals surface area contributed by atoms with Crippen LogP contribution in [0.15, 0.2) is 30.9 Å². The maximum Gasteiger partial charge on any atom is 0.0972 e. The van der Waals surface area contributed by atoms with E-state index in [0.717, 1.165) is 11.1 Å². The lowest BCUT2D eigenvalue weighted by Gasteiger charge is -2.10. The minimum Gasteiger partial charge on any atom is -0.384 e. The first-order chi connectivity index (χ1) is 5.66. The zero-order chi connectivity index (χ0) is 9.14. The molecule has 1 atom stereocenters. The molecule has 1 aromatic rings. The minimum absolute atomic E-state index is 0.542. The molecular formula is C10H11IO. The van der Waals surface area contributed by atoms with Crippen molar-refractivity contribution in [3.63, 3.8) is 0 Å². The number of hydrogen-bond acceptors (Lipinski definition) is 1. The monoisotopic (exact) mass is 274 g/mol. The van der Waals surface area contributed by atoms with Crippen LogP contribution in [0, 0.1) is 10.5 Å². The Kier molecular flexibility index (Phi) is 3.29. The first kappa shape index (κ1) is 9.74. The average Bonchev–Trinajstić information content (AvgIpc) is 2.08. The van der Waals surface area contributed by atoms with Gasteiger partial charge in [-0.05, 0) is 46.7 Å². The van der Waals surface area contributed by atoms with Crippen molar-refractivity contribution in [2.45, 2.75) is 13.0 Å². The van der Waals surface area contributed by atoms with Crippen molar-refractivity contribution in [1.29, 1.82) is 0 Å². The summed E-state index contributed by atoms with van der Waals surface area (Å²) in [6.07, 6.45) is 0.998. The van der Waals surface area contributed by atoms with Crippen LogP contribution >= 0.6 is 22.6 Å². The fourth-order valence-corrected chi connectivity index (χ4v) is 1.59. The van der Waals surface area contributed by atoms with Crippen molar-refractivity contribution in [3.8, 4) is 0 Å². The molecule has 1 N–H and O–H groups in total. The zero-order valence-corrected chi connectivity index (χ0v) is 9.08. The van der Waals surface area contributed by atoms with Crippen LogP contribution in [0.3, 0.4) is 0 Å². The Morgan fingerprint density at radius 1 is 1.58 bits per heavy atom. The van der Waals surface area contributed by atoms with Gasteiger partial charge in [0.25, 0.3) is 0 Å². The molecule has 0 bridgehead atoms. The van der Waals surface area contributed by atoms with E-state index in [1.807, 2.05) is 25.1 Å². The number of aliphatic hydroxyl groups is 1. The summed E-state index contributed by atoms with van der Waals surface area (Å²) in [6, 6.07) is 5.88. The molecule has 1 unspecified atom stereocenters. The highest BCUT2D eigenvalue weighted by molar-refractivity contribution is 14.1. The summed E-state index contributed by atoms with van der Waals surface area (Å²) in [7, 11) is 0. The van der Waals surface area contributed by atoms with Crippen LogP contribution in [-0.2, 0) is 0 Å². The van der Waals surface area contributed by atoms with Gasteiger partial charge in [0.05, 0.1) is 6.10 Å². The Morgan fingerprint density at radius 2 is 2.25 bits per heavy atom. The molecular weight excluding hydrogens is 263 g/mol. The molecule has 0 aliphatic heterocycles. The van der Waals surface area contributed by atoms with Gasteiger partial charge in [-0.25, -0.2) is 0 Å². The molecule has 0 aliphatic rings. The molecule has 0 spiro atoms. The Balaban J connectivity index is 3.15. The summed E-state index contributed by atoms with van der Waals surface area (Å²) >= 11 is 2.25. The highest BCUT2D eigenvalue weighted by atomic mass is 127. The van der Waals surface area contributed by atoms with E-state index >= 15 is 0 Å². The predicted octanol–water partition coefficient (Wildman–Crippen LogP) is 2.82. The molecule has 0 saturated carbocycles. The van der Waals surface area contributed by atoms with E-state index < -0.39 is 6.10 Å². The van der Waals surface area contributed by atoms with Crippen molar-refractivity contribution >= 4 is 22.6 Å². The van der Waals surface area contributed by atoms with Gasteiger partial charge in [-0.2, -0.15) is 0 Å². The molecule has 64 valence electrons. The van der Waals surface area contributed by atoms with Crippen molar-refractivity contribution in [3.05, 3.63) is 45.6 Å². The molecule has 0 aromatic heterocycles. The van der Waals surface area contributed by atoms with Crippen molar-refractivity contribution < 1.29 is 5.11 Å². The second-order valence-corrected chi connectivity index (χ2v) is 3.80. The normalized spacial score (nSPS) is 12.6. The zero-order valence-electron chi connectivity index (χ0n) is 6.92. The van der Waals surface area contributed by atoms with Crippen LogP contribution in [0.4, 0.5) is 0 Å². The van der Waals surface area contributed by atoms with Crippen molar-refractivity contribution in [2.24, 2.45) is 0 Å². The van der Waals surface area contributed by atoms with E-state index in [4.69, 9.17) is 0 Å². The van der Waals surface area contributed by atoms with E-state index in [1.165, 1.54) is 3.57 Å². The third-order valence-electron chi connectivity index (χ3n) is 1.85. The highest BCUT2D eigenvalue weighted by Crippen LogP contribution is 2.22. The van der Waals surface area contributed by atoms with Crippen molar-refractivity contribution in [1.82, 2.24) is 0 Å². The van der Waals surface area contributed by atoms with Crippen LogP contribution in [-0.4, -0.2) is 5.11 Å². The standard InChI is InChI=1S/C10H11IO/c1-3-10(12)8-5-4-6-9(11)7(8)2/h3-6,10,12H,1H2,2H3. The first-order valence-corrected chi connectivity index (χ1v) is 4.80. The van der Waals surface area contributed by atoms with E-state index in [1.54, 1.807) is 6.08 Å². The maximum atomic E-state index is 9.51. The van der Waals surface area contributed by atoms with Gasteiger partial charge in [0.1, 0.15) is 0 Å². The van der Waals surface area contributed by atoms with Crippen molar-refractivity contribution in [2.75, 3.05) is 0 Å². The smallest absolute Gasteiger partial charge is 0.0972 e. The SMILES string of the molecule is C=CC(O)c1cccc(I)c1C. The lowest BCUT2D eigenvalue weighted by Crippen LogP contribution is -1.97. The van der Waals surface area contributed by atoms with Crippen LogP contribution in [0.5, 0.6) is 0 Å². The van der Waals surface area contributed by atoms with E-state index in [-0.39, 0.29) is 0 Å². The molecule has 0 fully saturated rings. The fourth-order valence-electron chi connectivity index (χ4n) is 1.07. The quantitative estimate of drug-likeness (QED) is 0.649. The lowest BCUT2D eigenvalue weighted by atomic mass is 10.0. The molecule has 0 aliphatic carbocycles. The van der Waals surface area contributed by atoms with Crippen LogP contribution in [0.2, 0.25) is 0 Å². The molecule has 1 nitrogen and oxygen atoms in total. The summed E-state index contributed by atoms with van der Waals surface area (Å²) in [4.78, 5) is 0. The number of halogens is 1. The van der Waals surface area contributed by atoms with E-state index in [0.29, 0.717) is 0 Å². The Labute approximate surface area is 86.3 Å². The Morgan fingerprint density at radius 3 is 2.83 bits per heavy atom. The molecule has 12 heavy (non-hydrogen) atoms. The summed E-state index contributed by atoms with van der Waals surface area (Å²) in [5.41, 5.74) is 2.07. The molecule has 0 heterocycles. The first-order valence-electron chi connectivity index (χ1n) is 3.72. The third kappa shape index (κ3) is 1.87. The van der Waals surface area contributed by atoms with Gasteiger partial charge in [0.15, 0.2) is 0 Å². The summed E-state index contributed by atoms with van der Waals surface area (Å²) < 4.78 is 1.17. The van der Waals surface area contributed by atoms with Crippen LogP contribution < -0.4 is 0 Å². The Hall–Kier alpha value is -0.350. The molecule has 0 radical (unpaired) electrons. The highest BCUT2D eigenvalue weighted by Gasteiger charge is 2.07. The number of hydrogen-bond donors (Lipinski definition) is 1. The average molecular weight is 274 g/mol. The van der Waals surface area contributed by atoms with Gasteiger partial charge >= 0.3 is 0 Å². The third-order valence-corrected chi connectivity index (χ3v) is 3.02. The number of aliphatic hydroxyl groups excluding tert-OH is 1. The van der Waals surface area contributed by atoms with Crippen LogP contribution in [0.25, 0.3) is 0 Å².